The lowest BCUT2D eigenvalue weighted by atomic mass is 10.1. The Balaban J connectivity index is 1.72. The molecule has 1 aromatic heterocycles. The van der Waals surface area contributed by atoms with Crippen molar-refractivity contribution in [2.75, 3.05) is 26.7 Å². The predicted octanol–water partition coefficient (Wildman–Crippen LogP) is 2.81. The van der Waals surface area contributed by atoms with Crippen molar-refractivity contribution < 1.29 is 4.79 Å². The molecule has 2 rings (SSSR count). The summed E-state index contributed by atoms with van der Waals surface area (Å²) in [5.41, 5.74) is 1.36. The van der Waals surface area contributed by atoms with Crippen molar-refractivity contribution >= 4 is 23.2 Å². The summed E-state index contributed by atoms with van der Waals surface area (Å²) in [5.74, 6) is 1.61. The summed E-state index contributed by atoms with van der Waals surface area (Å²) < 4.78 is 0. The second-order valence-electron chi connectivity index (χ2n) is 6.38. The third kappa shape index (κ3) is 5.23. The normalized spacial score (nSPS) is 17.9. The highest BCUT2D eigenvalue weighted by Crippen LogP contribution is 2.18. The zero-order valence-electron chi connectivity index (χ0n) is 15.0. The molecular formula is C18H30N4OS. The first kappa shape index (κ1) is 18.8. The molecule has 1 aliphatic rings. The molecule has 1 saturated heterocycles. The van der Waals surface area contributed by atoms with Crippen LogP contribution in [-0.4, -0.2) is 49.5 Å². The van der Waals surface area contributed by atoms with E-state index in [-0.39, 0.29) is 0 Å². The summed E-state index contributed by atoms with van der Waals surface area (Å²) in [6.45, 7) is 6.98. The van der Waals surface area contributed by atoms with Gasteiger partial charge in [-0.3, -0.25) is 9.79 Å². The van der Waals surface area contributed by atoms with Crippen LogP contribution in [0.2, 0.25) is 0 Å². The van der Waals surface area contributed by atoms with Gasteiger partial charge in [0, 0.05) is 39.1 Å². The molecule has 0 radical (unpaired) electrons. The van der Waals surface area contributed by atoms with Gasteiger partial charge in [-0.25, -0.2) is 0 Å². The van der Waals surface area contributed by atoms with Crippen molar-refractivity contribution in [3.63, 3.8) is 0 Å². The van der Waals surface area contributed by atoms with Crippen LogP contribution < -0.4 is 10.6 Å². The molecule has 2 unspecified atom stereocenters. The standard InChI is InChI=1S/C18H30N4OS/c1-4-16(22-10-5-6-17(22)23)7-9-20-18(19-3)21-12-14(2)15-8-11-24-13-15/h8,11,13-14,16H,4-7,9-10,12H2,1-3H3,(H2,19,20,21). The highest BCUT2D eigenvalue weighted by atomic mass is 32.1. The van der Waals surface area contributed by atoms with Crippen molar-refractivity contribution in [3.05, 3.63) is 22.4 Å². The SMILES string of the molecule is CCC(CCNC(=NC)NCC(C)c1ccsc1)N1CCCC1=O. The van der Waals surface area contributed by atoms with Crippen LogP contribution in [0.1, 0.15) is 51.0 Å². The second kappa shape index (κ2) is 9.67. The monoisotopic (exact) mass is 350 g/mol. The summed E-state index contributed by atoms with van der Waals surface area (Å²) in [5, 5.41) is 11.1. The Bertz CT molecular complexity index is 529. The van der Waals surface area contributed by atoms with Crippen molar-refractivity contribution in [2.45, 2.75) is 51.5 Å². The highest BCUT2D eigenvalue weighted by Gasteiger charge is 2.26. The van der Waals surface area contributed by atoms with E-state index in [1.54, 1.807) is 18.4 Å². The van der Waals surface area contributed by atoms with Gasteiger partial charge in [-0.1, -0.05) is 13.8 Å². The predicted molar refractivity (Wildman–Crippen MR) is 102 cm³/mol. The Morgan fingerprint density at radius 2 is 2.29 bits per heavy atom. The van der Waals surface area contributed by atoms with Crippen LogP contribution in [-0.2, 0) is 4.79 Å². The third-order valence-electron chi connectivity index (χ3n) is 4.70. The van der Waals surface area contributed by atoms with Gasteiger partial charge in [0.05, 0.1) is 0 Å². The number of nitrogens with one attached hydrogen (secondary N) is 2. The van der Waals surface area contributed by atoms with Crippen LogP contribution in [0.15, 0.2) is 21.8 Å². The Labute approximate surface area is 149 Å². The molecule has 0 aromatic carbocycles. The average Bonchev–Trinajstić information content (AvgIpc) is 3.26. The number of aliphatic imine (C=N–C) groups is 1. The number of carbonyl (C=O) groups is 1. The van der Waals surface area contributed by atoms with Crippen molar-refractivity contribution in [1.29, 1.82) is 0 Å². The molecule has 0 bridgehead atoms. The number of likely N-dealkylation sites (tertiary alicyclic amines) is 1. The van der Waals surface area contributed by atoms with Crippen molar-refractivity contribution in [1.82, 2.24) is 15.5 Å². The van der Waals surface area contributed by atoms with Crippen LogP contribution >= 0.6 is 11.3 Å². The van der Waals surface area contributed by atoms with Gasteiger partial charge in [-0.15, -0.1) is 0 Å². The number of amides is 1. The first-order valence-corrected chi connectivity index (χ1v) is 9.86. The topological polar surface area (TPSA) is 56.7 Å². The summed E-state index contributed by atoms with van der Waals surface area (Å²) in [6.07, 6.45) is 3.69. The van der Waals surface area contributed by atoms with Crippen LogP contribution in [0.3, 0.4) is 0 Å². The molecule has 2 heterocycles. The quantitative estimate of drug-likeness (QED) is 0.560. The second-order valence-corrected chi connectivity index (χ2v) is 7.16. The molecule has 6 heteroatoms. The molecule has 24 heavy (non-hydrogen) atoms. The molecule has 0 aliphatic carbocycles. The van der Waals surface area contributed by atoms with E-state index in [4.69, 9.17) is 0 Å². The van der Waals surface area contributed by atoms with E-state index in [9.17, 15) is 4.79 Å². The summed E-state index contributed by atoms with van der Waals surface area (Å²) in [7, 11) is 1.80. The molecule has 1 amide bonds. The summed E-state index contributed by atoms with van der Waals surface area (Å²) in [6, 6.07) is 2.52. The molecule has 5 nitrogen and oxygen atoms in total. The number of carbonyl (C=O) groups excluding carboxylic acids is 1. The minimum Gasteiger partial charge on any atom is -0.356 e. The van der Waals surface area contributed by atoms with Crippen LogP contribution in [0.25, 0.3) is 0 Å². The number of guanidine groups is 1. The molecule has 2 atom stereocenters. The van der Waals surface area contributed by atoms with Crippen molar-refractivity contribution in [3.8, 4) is 0 Å². The Morgan fingerprint density at radius 1 is 1.46 bits per heavy atom. The first-order valence-electron chi connectivity index (χ1n) is 8.91. The molecule has 1 aromatic rings. The minimum absolute atomic E-state index is 0.314. The zero-order valence-corrected chi connectivity index (χ0v) is 15.9. The van der Waals surface area contributed by atoms with E-state index in [0.29, 0.717) is 24.3 Å². The smallest absolute Gasteiger partial charge is 0.222 e. The van der Waals surface area contributed by atoms with Gasteiger partial charge in [-0.2, -0.15) is 11.3 Å². The van der Waals surface area contributed by atoms with Gasteiger partial charge in [0.1, 0.15) is 0 Å². The van der Waals surface area contributed by atoms with E-state index in [1.165, 1.54) is 5.56 Å². The highest BCUT2D eigenvalue weighted by molar-refractivity contribution is 7.07. The van der Waals surface area contributed by atoms with Crippen molar-refractivity contribution in [2.24, 2.45) is 4.99 Å². The number of nitrogens with zero attached hydrogens (tertiary/aromatic N) is 2. The van der Waals surface area contributed by atoms with E-state index in [0.717, 1.165) is 44.9 Å². The lowest BCUT2D eigenvalue weighted by Gasteiger charge is -2.27. The summed E-state index contributed by atoms with van der Waals surface area (Å²) in [4.78, 5) is 18.2. The fourth-order valence-electron chi connectivity index (χ4n) is 3.14. The van der Waals surface area contributed by atoms with Crippen LogP contribution in [0.5, 0.6) is 0 Å². The first-order chi connectivity index (χ1) is 11.7. The van der Waals surface area contributed by atoms with E-state index in [1.807, 2.05) is 0 Å². The van der Waals surface area contributed by atoms with Crippen LogP contribution in [0, 0.1) is 0 Å². The lowest BCUT2D eigenvalue weighted by molar-refractivity contribution is -0.129. The van der Waals surface area contributed by atoms with Gasteiger partial charge >= 0.3 is 0 Å². The molecule has 1 aliphatic heterocycles. The minimum atomic E-state index is 0.314. The Hall–Kier alpha value is -1.56. The van der Waals surface area contributed by atoms with E-state index < -0.39 is 0 Å². The third-order valence-corrected chi connectivity index (χ3v) is 5.41. The van der Waals surface area contributed by atoms with Crippen LogP contribution in [0.4, 0.5) is 0 Å². The average molecular weight is 351 g/mol. The Morgan fingerprint density at radius 3 is 2.88 bits per heavy atom. The molecule has 134 valence electrons. The van der Waals surface area contributed by atoms with Gasteiger partial charge < -0.3 is 15.5 Å². The van der Waals surface area contributed by atoms with Gasteiger partial charge in [0.25, 0.3) is 0 Å². The van der Waals surface area contributed by atoms with E-state index >= 15 is 0 Å². The molecular weight excluding hydrogens is 320 g/mol. The number of hydrogen-bond donors (Lipinski definition) is 2. The maximum Gasteiger partial charge on any atom is 0.222 e. The summed E-state index contributed by atoms with van der Waals surface area (Å²) >= 11 is 1.73. The Kier molecular flexibility index (Phi) is 7.56. The molecule has 0 saturated carbocycles. The van der Waals surface area contributed by atoms with Gasteiger partial charge in [-0.05, 0) is 47.6 Å². The maximum atomic E-state index is 11.9. The van der Waals surface area contributed by atoms with Gasteiger partial charge in [0.15, 0.2) is 5.96 Å². The zero-order chi connectivity index (χ0) is 17.4. The maximum absolute atomic E-state index is 11.9. The largest absolute Gasteiger partial charge is 0.356 e. The fraction of sp³-hybridized carbons (Fsp3) is 0.667. The fourth-order valence-corrected chi connectivity index (χ4v) is 3.92. The number of thiophene rings is 1. The molecule has 1 fully saturated rings. The number of rotatable bonds is 8. The van der Waals surface area contributed by atoms with Gasteiger partial charge in [0.2, 0.25) is 5.91 Å². The molecule has 2 N–H and O–H groups in total. The molecule has 0 spiro atoms. The lowest BCUT2D eigenvalue weighted by Crippen LogP contribution is -2.42. The van der Waals surface area contributed by atoms with E-state index in [2.05, 4.69) is 51.2 Å². The number of hydrogen-bond acceptors (Lipinski definition) is 3.